The molecule has 1 saturated carbocycles. The Kier molecular flexibility index (Phi) is 5.79. The molecule has 2 heterocycles. The van der Waals surface area contributed by atoms with Crippen LogP contribution in [0.3, 0.4) is 0 Å². The molecular formula is C24H30FN5O. The molecule has 1 fully saturated rings. The molecular weight excluding hydrogens is 393 g/mol. The van der Waals surface area contributed by atoms with Crippen LogP contribution in [-0.2, 0) is 11.8 Å². The molecule has 0 unspecified atom stereocenters. The lowest BCUT2D eigenvalue weighted by Crippen LogP contribution is -2.34. The molecule has 31 heavy (non-hydrogen) atoms. The highest BCUT2D eigenvalue weighted by Crippen LogP contribution is 2.33. The summed E-state index contributed by atoms with van der Waals surface area (Å²) in [5.74, 6) is 0.190. The van der Waals surface area contributed by atoms with Gasteiger partial charge < -0.3 is 11.1 Å². The molecule has 0 spiro atoms. The number of pyridine rings is 1. The van der Waals surface area contributed by atoms with Gasteiger partial charge in [-0.1, -0.05) is 20.3 Å². The number of fused-ring (bicyclic) bond motifs is 1. The third-order valence-corrected chi connectivity index (χ3v) is 6.24. The van der Waals surface area contributed by atoms with Crippen molar-refractivity contribution >= 4 is 22.6 Å². The lowest BCUT2D eigenvalue weighted by molar-refractivity contribution is -0.120. The van der Waals surface area contributed by atoms with Crippen LogP contribution in [-0.4, -0.2) is 26.7 Å². The molecule has 1 aliphatic carbocycles. The Hall–Kier alpha value is -2.80. The van der Waals surface area contributed by atoms with E-state index in [9.17, 15) is 9.18 Å². The van der Waals surface area contributed by atoms with Gasteiger partial charge in [0.1, 0.15) is 11.3 Å². The average Bonchev–Trinajstić information content (AvgIpc) is 3.06. The fourth-order valence-electron chi connectivity index (χ4n) is 4.71. The largest absolute Gasteiger partial charge is 0.328 e. The summed E-state index contributed by atoms with van der Waals surface area (Å²) in [7, 11) is 1.84. The molecule has 1 amide bonds. The van der Waals surface area contributed by atoms with Crippen LogP contribution < -0.4 is 11.1 Å². The van der Waals surface area contributed by atoms with Crippen LogP contribution in [0, 0.1) is 18.7 Å². The maximum Gasteiger partial charge on any atom is 0.228 e. The second-order valence-electron chi connectivity index (χ2n) is 9.02. The third kappa shape index (κ3) is 4.19. The minimum Gasteiger partial charge on any atom is -0.328 e. The van der Waals surface area contributed by atoms with Crippen molar-refractivity contribution in [1.29, 1.82) is 0 Å². The van der Waals surface area contributed by atoms with Crippen molar-refractivity contribution in [2.24, 2.45) is 18.7 Å². The number of carbonyl (C=O) groups excluding carboxylic acids is 1. The van der Waals surface area contributed by atoms with E-state index in [1.807, 2.05) is 26.1 Å². The van der Waals surface area contributed by atoms with Gasteiger partial charge in [-0.3, -0.25) is 9.48 Å². The number of hydrogen-bond donors (Lipinski definition) is 2. The number of amides is 1. The number of nitrogens with two attached hydrogens (primary N) is 1. The summed E-state index contributed by atoms with van der Waals surface area (Å²) < 4.78 is 16.7. The second kappa shape index (κ2) is 8.38. The highest BCUT2D eigenvalue weighted by Gasteiger charge is 2.26. The van der Waals surface area contributed by atoms with Crippen molar-refractivity contribution in [3.05, 3.63) is 41.5 Å². The summed E-state index contributed by atoms with van der Waals surface area (Å²) in [5, 5.41) is 8.12. The summed E-state index contributed by atoms with van der Waals surface area (Å²) in [5.41, 5.74) is 9.89. The standard InChI is InChI=1S/C24H30FN5O/c1-13(2)23-19-9-16(10-20(25)22(19)29-30(23)4)18-11-21(27-12-14(18)3)28-24(31)15-6-5-7-17(26)8-15/h9-13,15,17H,5-8,26H2,1-4H3,(H,27,28,31)/t15-,17+/m0/s1. The molecule has 1 aliphatic rings. The number of halogens is 1. The molecule has 2 atom stereocenters. The van der Waals surface area contributed by atoms with Crippen LogP contribution in [0.2, 0.25) is 0 Å². The van der Waals surface area contributed by atoms with Crippen molar-refractivity contribution in [2.75, 3.05) is 5.32 Å². The molecule has 7 heteroatoms. The normalized spacial score (nSPS) is 19.2. The van der Waals surface area contributed by atoms with E-state index < -0.39 is 0 Å². The van der Waals surface area contributed by atoms with Gasteiger partial charge in [0.25, 0.3) is 0 Å². The van der Waals surface area contributed by atoms with E-state index in [0.717, 1.165) is 47.0 Å². The first-order chi connectivity index (χ1) is 14.7. The van der Waals surface area contributed by atoms with Gasteiger partial charge in [-0.15, -0.1) is 0 Å². The lowest BCUT2D eigenvalue weighted by atomic mass is 9.85. The first kappa shape index (κ1) is 21.4. The van der Waals surface area contributed by atoms with Crippen molar-refractivity contribution in [3.8, 4) is 11.1 Å². The molecule has 3 N–H and O–H groups in total. The first-order valence-corrected chi connectivity index (χ1v) is 10.9. The quantitative estimate of drug-likeness (QED) is 0.639. The van der Waals surface area contributed by atoms with Crippen molar-refractivity contribution in [2.45, 2.75) is 58.4 Å². The van der Waals surface area contributed by atoms with Gasteiger partial charge in [-0.05, 0) is 67.0 Å². The Labute approximate surface area is 182 Å². The van der Waals surface area contributed by atoms with E-state index in [0.29, 0.717) is 17.8 Å². The summed E-state index contributed by atoms with van der Waals surface area (Å²) in [6.07, 6.45) is 5.20. The lowest BCUT2D eigenvalue weighted by Gasteiger charge is -2.25. The number of hydrogen-bond acceptors (Lipinski definition) is 4. The maximum atomic E-state index is 14.9. The van der Waals surface area contributed by atoms with Gasteiger partial charge in [0.05, 0.1) is 0 Å². The fourth-order valence-corrected chi connectivity index (χ4v) is 4.71. The monoisotopic (exact) mass is 423 g/mol. The number of aryl methyl sites for hydroxylation is 2. The second-order valence-corrected chi connectivity index (χ2v) is 9.02. The van der Waals surface area contributed by atoms with Crippen LogP contribution in [0.1, 0.15) is 56.7 Å². The number of carbonyl (C=O) groups is 1. The SMILES string of the molecule is Cc1cnc(NC(=O)[C@H]2CCC[C@@H](N)C2)cc1-c1cc(F)c2nn(C)c(C(C)C)c2c1. The van der Waals surface area contributed by atoms with E-state index in [4.69, 9.17) is 5.73 Å². The molecule has 0 bridgehead atoms. The number of aromatic nitrogens is 3. The Morgan fingerprint density at radius 3 is 2.77 bits per heavy atom. The summed E-state index contributed by atoms with van der Waals surface area (Å²) in [4.78, 5) is 17.1. The van der Waals surface area contributed by atoms with E-state index >= 15 is 0 Å². The molecule has 4 rings (SSSR count). The summed E-state index contributed by atoms with van der Waals surface area (Å²) in [6, 6.07) is 5.39. The molecule has 6 nitrogen and oxygen atoms in total. The third-order valence-electron chi connectivity index (χ3n) is 6.24. The van der Waals surface area contributed by atoms with Crippen LogP contribution in [0.4, 0.5) is 10.2 Å². The first-order valence-electron chi connectivity index (χ1n) is 10.9. The van der Waals surface area contributed by atoms with Gasteiger partial charge in [-0.2, -0.15) is 5.10 Å². The van der Waals surface area contributed by atoms with E-state index in [-0.39, 0.29) is 29.6 Å². The van der Waals surface area contributed by atoms with Gasteiger partial charge in [-0.25, -0.2) is 9.37 Å². The number of nitrogens with one attached hydrogen (secondary N) is 1. The van der Waals surface area contributed by atoms with Crippen molar-refractivity contribution < 1.29 is 9.18 Å². The Balaban J connectivity index is 1.69. The predicted octanol–water partition coefficient (Wildman–Crippen LogP) is 4.66. The van der Waals surface area contributed by atoms with Crippen LogP contribution in [0.15, 0.2) is 24.4 Å². The van der Waals surface area contributed by atoms with E-state index in [1.54, 1.807) is 10.9 Å². The fraction of sp³-hybridized carbons (Fsp3) is 0.458. The molecule has 3 aromatic rings. The van der Waals surface area contributed by atoms with E-state index in [1.165, 1.54) is 6.07 Å². The Bertz CT molecular complexity index is 1140. The topological polar surface area (TPSA) is 85.8 Å². The maximum absolute atomic E-state index is 14.9. The number of rotatable bonds is 4. The van der Waals surface area contributed by atoms with Crippen LogP contribution >= 0.6 is 0 Å². The zero-order valence-electron chi connectivity index (χ0n) is 18.6. The molecule has 164 valence electrons. The Morgan fingerprint density at radius 1 is 1.29 bits per heavy atom. The molecule has 2 aromatic heterocycles. The van der Waals surface area contributed by atoms with Crippen molar-refractivity contribution in [1.82, 2.24) is 14.8 Å². The molecule has 0 saturated heterocycles. The van der Waals surface area contributed by atoms with E-state index in [2.05, 4.69) is 29.2 Å². The minimum absolute atomic E-state index is 0.0477. The smallest absolute Gasteiger partial charge is 0.228 e. The average molecular weight is 424 g/mol. The molecule has 1 aromatic carbocycles. The number of anilines is 1. The highest BCUT2D eigenvalue weighted by molar-refractivity contribution is 5.93. The van der Waals surface area contributed by atoms with Gasteiger partial charge in [0.15, 0.2) is 5.82 Å². The molecule has 0 aliphatic heterocycles. The zero-order valence-corrected chi connectivity index (χ0v) is 18.6. The summed E-state index contributed by atoms with van der Waals surface area (Å²) >= 11 is 0. The predicted molar refractivity (Wildman–Crippen MR) is 121 cm³/mol. The Morgan fingerprint density at radius 2 is 2.06 bits per heavy atom. The molecule has 0 radical (unpaired) electrons. The minimum atomic E-state index is -0.354. The number of nitrogens with zero attached hydrogens (tertiary/aromatic N) is 3. The van der Waals surface area contributed by atoms with Crippen LogP contribution in [0.5, 0.6) is 0 Å². The highest BCUT2D eigenvalue weighted by atomic mass is 19.1. The summed E-state index contributed by atoms with van der Waals surface area (Å²) in [6.45, 7) is 6.08. The number of benzene rings is 1. The van der Waals surface area contributed by atoms with Gasteiger partial charge in [0, 0.05) is 36.3 Å². The van der Waals surface area contributed by atoms with Crippen LogP contribution in [0.25, 0.3) is 22.0 Å². The zero-order chi connectivity index (χ0) is 22.3. The van der Waals surface area contributed by atoms with Gasteiger partial charge >= 0.3 is 0 Å². The van der Waals surface area contributed by atoms with Crippen molar-refractivity contribution in [3.63, 3.8) is 0 Å². The van der Waals surface area contributed by atoms with Gasteiger partial charge in [0.2, 0.25) is 5.91 Å².